The van der Waals surface area contributed by atoms with Crippen molar-refractivity contribution in [3.63, 3.8) is 0 Å². The van der Waals surface area contributed by atoms with Crippen molar-refractivity contribution in [1.82, 2.24) is 0 Å². The van der Waals surface area contributed by atoms with E-state index in [1.807, 2.05) is 0 Å². The third-order valence-electron chi connectivity index (χ3n) is 6.50. The highest BCUT2D eigenvalue weighted by atomic mass is 16.5. The molecule has 3 atom stereocenters. The lowest BCUT2D eigenvalue weighted by Gasteiger charge is -2.48. The predicted molar refractivity (Wildman–Crippen MR) is 81.9 cm³/mol. The number of fused-ring (bicyclic) bond motifs is 3. The van der Waals surface area contributed by atoms with E-state index in [9.17, 15) is 5.11 Å². The molecule has 1 aromatic rings. The lowest BCUT2D eigenvalue weighted by Crippen LogP contribution is -2.59. The highest BCUT2D eigenvalue weighted by Crippen LogP contribution is 2.57. The lowest BCUT2D eigenvalue weighted by molar-refractivity contribution is -0.137. The van der Waals surface area contributed by atoms with Crippen molar-refractivity contribution in [3.05, 3.63) is 35.4 Å². The van der Waals surface area contributed by atoms with Gasteiger partial charge in [0.2, 0.25) is 0 Å². The van der Waals surface area contributed by atoms with Crippen molar-refractivity contribution in [1.29, 1.82) is 0 Å². The van der Waals surface area contributed by atoms with Crippen LogP contribution in [-0.4, -0.2) is 30.5 Å². The maximum Gasteiger partial charge on any atom is 0.0801 e. The molecule has 3 aliphatic rings. The number of nitrogens with two attached hydrogens (primary N) is 1. The SMILES string of the molecule is NCC1(C2(O)C3CCC2Cc2ccccc2C3)CCOC1. The number of benzene rings is 1. The fourth-order valence-corrected chi connectivity index (χ4v) is 5.29. The zero-order valence-corrected chi connectivity index (χ0v) is 12.6. The summed E-state index contributed by atoms with van der Waals surface area (Å²) in [5.41, 5.74) is 8.11. The van der Waals surface area contributed by atoms with Gasteiger partial charge < -0.3 is 15.6 Å². The Morgan fingerprint density at radius 2 is 1.76 bits per heavy atom. The third kappa shape index (κ3) is 1.77. The van der Waals surface area contributed by atoms with Crippen LogP contribution < -0.4 is 5.73 Å². The summed E-state index contributed by atoms with van der Waals surface area (Å²) in [5, 5.41) is 11.8. The Balaban J connectivity index is 1.78. The van der Waals surface area contributed by atoms with E-state index in [1.54, 1.807) is 0 Å². The van der Waals surface area contributed by atoms with E-state index in [0.717, 1.165) is 38.7 Å². The second kappa shape index (κ2) is 4.80. The van der Waals surface area contributed by atoms with Crippen LogP contribution in [0.3, 0.4) is 0 Å². The van der Waals surface area contributed by atoms with Crippen LogP contribution in [-0.2, 0) is 17.6 Å². The van der Waals surface area contributed by atoms with Gasteiger partial charge in [0, 0.05) is 18.6 Å². The molecule has 0 spiro atoms. The molecule has 2 aliphatic carbocycles. The first-order chi connectivity index (χ1) is 10.2. The zero-order chi connectivity index (χ0) is 14.5. The smallest absolute Gasteiger partial charge is 0.0801 e. The molecule has 3 heteroatoms. The second-order valence-corrected chi connectivity index (χ2v) is 7.26. The van der Waals surface area contributed by atoms with Crippen molar-refractivity contribution in [3.8, 4) is 0 Å². The summed E-state index contributed by atoms with van der Waals surface area (Å²) < 4.78 is 5.67. The van der Waals surface area contributed by atoms with Gasteiger partial charge in [-0.3, -0.25) is 0 Å². The molecule has 114 valence electrons. The Morgan fingerprint density at radius 3 is 2.24 bits per heavy atom. The summed E-state index contributed by atoms with van der Waals surface area (Å²) in [6.07, 6.45) is 5.13. The molecule has 1 saturated carbocycles. The Morgan fingerprint density at radius 1 is 1.14 bits per heavy atom. The van der Waals surface area contributed by atoms with Crippen LogP contribution in [0.5, 0.6) is 0 Å². The molecular weight excluding hydrogens is 262 g/mol. The first-order valence-corrected chi connectivity index (χ1v) is 8.26. The highest BCUT2D eigenvalue weighted by molar-refractivity contribution is 5.33. The molecule has 3 N–H and O–H groups in total. The molecule has 3 unspecified atom stereocenters. The Bertz CT molecular complexity index is 503. The number of rotatable bonds is 2. The molecule has 2 bridgehead atoms. The summed E-state index contributed by atoms with van der Waals surface area (Å²) in [6.45, 7) is 1.90. The molecule has 1 aromatic carbocycles. The molecular formula is C18H25NO2. The predicted octanol–water partition coefficient (Wildman–Crippen LogP) is 1.91. The minimum Gasteiger partial charge on any atom is -0.389 e. The van der Waals surface area contributed by atoms with Crippen molar-refractivity contribution in [2.45, 2.75) is 37.7 Å². The van der Waals surface area contributed by atoms with Gasteiger partial charge >= 0.3 is 0 Å². The van der Waals surface area contributed by atoms with E-state index < -0.39 is 5.60 Å². The number of aliphatic hydroxyl groups is 1. The highest BCUT2D eigenvalue weighted by Gasteiger charge is 2.62. The van der Waals surface area contributed by atoms with Gasteiger partial charge in [0.05, 0.1) is 12.2 Å². The van der Waals surface area contributed by atoms with E-state index in [1.165, 1.54) is 11.1 Å². The van der Waals surface area contributed by atoms with Crippen LogP contribution in [0.4, 0.5) is 0 Å². The van der Waals surface area contributed by atoms with Crippen molar-refractivity contribution >= 4 is 0 Å². The fraction of sp³-hybridized carbons (Fsp3) is 0.667. The largest absolute Gasteiger partial charge is 0.389 e. The van der Waals surface area contributed by atoms with Gasteiger partial charge in [-0.15, -0.1) is 0 Å². The van der Waals surface area contributed by atoms with Crippen molar-refractivity contribution < 1.29 is 9.84 Å². The molecule has 3 nitrogen and oxygen atoms in total. The fourth-order valence-electron chi connectivity index (χ4n) is 5.29. The van der Waals surface area contributed by atoms with Crippen LogP contribution in [0, 0.1) is 17.3 Å². The third-order valence-corrected chi connectivity index (χ3v) is 6.50. The number of ether oxygens (including phenoxy) is 1. The van der Waals surface area contributed by atoms with E-state index in [0.29, 0.717) is 25.0 Å². The summed E-state index contributed by atoms with van der Waals surface area (Å²) in [4.78, 5) is 0. The molecule has 1 saturated heterocycles. The Labute approximate surface area is 126 Å². The zero-order valence-electron chi connectivity index (χ0n) is 12.6. The Kier molecular flexibility index (Phi) is 3.14. The van der Waals surface area contributed by atoms with E-state index in [-0.39, 0.29) is 5.41 Å². The molecule has 1 heterocycles. The minimum absolute atomic E-state index is 0.235. The summed E-state index contributed by atoms with van der Waals surface area (Å²) in [7, 11) is 0. The standard InChI is InChI=1S/C18H25NO2/c19-11-17(7-8-21-12-17)18(20)15-5-6-16(18)10-14-4-2-1-3-13(14)9-15/h1-4,15-16,20H,5-12,19H2. The normalized spacial score (nSPS) is 41.8. The van der Waals surface area contributed by atoms with E-state index in [2.05, 4.69) is 24.3 Å². The average Bonchev–Trinajstić information content (AvgIpc) is 3.05. The minimum atomic E-state index is -0.655. The van der Waals surface area contributed by atoms with Gasteiger partial charge in [-0.25, -0.2) is 0 Å². The molecule has 0 amide bonds. The first-order valence-electron chi connectivity index (χ1n) is 8.26. The summed E-state index contributed by atoms with van der Waals surface area (Å²) in [6, 6.07) is 8.70. The first kappa shape index (κ1) is 13.7. The lowest BCUT2D eigenvalue weighted by atomic mass is 9.62. The van der Waals surface area contributed by atoms with Gasteiger partial charge in [0.1, 0.15) is 0 Å². The number of hydrogen-bond acceptors (Lipinski definition) is 3. The van der Waals surface area contributed by atoms with Gasteiger partial charge in [-0.2, -0.15) is 0 Å². The van der Waals surface area contributed by atoms with Gasteiger partial charge in [-0.1, -0.05) is 24.3 Å². The average molecular weight is 287 g/mol. The van der Waals surface area contributed by atoms with Gasteiger partial charge in [-0.05, 0) is 55.1 Å². The Hall–Kier alpha value is -0.900. The summed E-state index contributed by atoms with van der Waals surface area (Å²) >= 11 is 0. The molecule has 2 fully saturated rings. The quantitative estimate of drug-likeness (QED) is 0.873. The monoisotopic (exact) mass is 287 g/mol. The van der Waals surface area contributed by atoms with Crippen LogP contribution in [0.2, 0.25) is 0 Å². The van der Waals surface area contributed by atoms with Crippen molar-refractivity contribution in [2.24, 2.45) is 23.0 Å². The van der Waals surface area contributed by atoms with Crippen molar-refractivity contribution in [2.75, 3.05) is 19.8 Å². The molecule has 0 radical (unpaired) electrons. The maximum absolute atomic E-state index is 11.8. The van der Waals surface area contributed by atoms with Crippen LogP contribution in [0.25, 0.3) is 0 Å². The van der Waals surface area contributed by atoms with Crippen LogP contribution >= 0.6 is 0 Å². The molecule has 4 rings (SSSR count). The number of hydrogen-bond donors (Lipinski definition) is 2. The molecule has 0 aromatic heterocycles. The van der Waals surface area contributed by atoms with Crippen LogP contribution in [0.1, 0.15) is 30.4 Å². The summed E-state index contributed by atoms with van der Waals surface area (Å²) in [5.74, 6) is 0.660. The van der Waals surface area contributed by atoms with E-state index >= 15 is 0 Å². The molecule has 21 heavy (non-hydrogen) atoms. The topological polar surface area (TPSA) is 55.5 Å². The maximum atomic E-state index is 11.8. The molecule has 1 aliphatic heterocycles. The van der Waals surface area contributed by atoms with Gasteiger partial charge in [0.15, 0.2) is 0 Å². The van der Waals surface area contributed by atoms with Gasteiger partial charge in [0.25, 0.3) is 0 Å². The second-order valence-electron chi connectivity index (χ2n) is 7.26. The van der Waals surface area contributed by atoms with E-state index in [4.69, 9.17) is 10.5 Å². The van der Waals surface area contributed by atoms with Crippen LogP contribution in [0.15, 0.2) is 24.3 Å².